The molecule has 0 atom stereocenters. The molecule has 0 saturated heterocycles. The van der Waals surface area contributed by atoms with E-state index in [-0.39, 0.29) is 0 Å². The van der Waals surface area contributed by atoms with Gasteiger partial charge in [-0.05, 0) is 13.3 Å². The Morgan fingerprint density at radius 3 is 2.67 bits per heavy atom. The molecule has 0 unspecified atom stereocenters. The minimum Gasteiger partial charge on any atom is -0.466 e. The largest absolute Gasteiger partial charge is 0.466 e. The van der Waals surface area contributed by atoms with Crippen LogP contribution in [0.2, 0.25) is 0 Å². The molecule has 0 bridgehead atoms. The first-order valence-electron chi connectivity index (χ1n) is 3.24. The molecular formula is C6H14N2O. The van der Waals surface area contributed by atoms with Crippen molar-refractivity contribution >= 4 is 6.02 Å². The SMILES string of the molecule is CCCN=C(N)OCC. The molecule has 0 amide bonds. The van der Waals surface area contributed by atoms with Crippen LogP contribution in [-0.2, 0) is 4.74 Å². The molecule has 2 N–H and O–H groups in total. The van der Waals surface area contributed by atoms with Crippen molar-refractivity contribution in [2.24, 2.45) is 10.7 Å². The van der Waals surface area contributed by atoms with E-state index in [1.54, 1.807) is 0 Å². The summed E-state index contributed by atoms with van der Waals surface area (Å²) in [5.74, 6) is 0. The predicted molar refractivity (Wildman–Crippen MR) is 38.4 cm³/mol. The lowest BCUT2D eigenvalue weighted by Crippen LogP contribution is -2.16. The second-order valence-corrected chi connectivity index (χ2v) is 1.65. The van der Waals surface area contributed by atoms with Gasteiger partial charge in [0, 0.05) is 6.54 Å². The van der Waals surface area contributed by atoms with E-state index in [9.17, 15) is 0 Å². The van der Waals surface area contributed by atoms with Crippen LogP contribution >= 0.6 is 0 Å². The lowest BCUT2D eigenvalue weighted by atomic mass is 10.5. The van der Waals surface area contributed by atoms with Gasteiger partial charge in [-0.25, -0.2) is 4.99 Å². The Bertz CT molecular complexity index is 91.1. The van der Waals surface area contributed by atoms with Gasteiger partial charge in [0.05, 0.1) is 6.61 Å². The van der Waals surface area contributed by atoms with Crippen LogP contribution in [0, 0.1) is 0 Å². The lowest BCUT2D eigenvalue weighted by Gasteiger charge is -1.98. The zero-order valence-electron chi connectivity index (χ0n) is 6.05. The first-order valence-corrected chi connectivity index (χ1v) is 3.24. The molecule has 0 fully saturated rings. The Labute approximate surface area is 55.9 Å². The zero-order chi connectivity index (χ0) is 7.11. The third-order valence-corrected chi connectivity index (χ3v) is 0.783. The summed E-state index contributed by atoms with van der Waals surface area (Å²) in [7, 11) is 0. The Balaban J connectivity index is 3.30. The van der Waals surface area contributed by atoms with Crippen LogP contribution in [0.5, 0.6) is 0 Å². The van der Waals surface area contributed by atoms with Crippen LogP contribution in [0.4, 0.5) is 0 Å². The fraction of sp³-hybridized carbons (Fsp3) is 0.833. The molecule has 0 aliphatic heterocycles. The van der Waals surface area contributed by atoms with E-state index in [1.165, 1.54) is 0 Å². The Morgan fingerprint density at radius 1 is 1.56 bits per heavy atom. The van der Waals surface area contributed by atoms with Crippen LogP contribution in [0.15, 0.2) is 4.99 Å². The Kier molecular flexibility index (Phi) is 4.97. The minimum atomic E-state index is 0.305. The molecule has 3 heteroatoms. The maximum absolute atomic E-state index is 5.30. The molecule has 0 heterocycles. The van der Waals surface area contributed by atoms with Crippen molar-refractivity contribution in [1.82, 2.24) is 0 Å². The molecule has 0 spiro atoms. The van der Waals surface area contributed by atoms with Gasteiger partial charge < -0.3 is 10.5 Å². The highest BCUT2D eigenvalue weighted by molar-refractivity contribution is 5.71. The van der Waals surface area contributed by atoms with Gasteiger partial charge in [0.2, 0.25) is 0 Å². The molecule has 0 radical (unpaired) electrons. The van der Waals surface area contributed by atoms with E-state index in [0.717, 1.165) is 13.0 Å². The third kappa shape index (κ3) is 5.14. The van der Waals surface area contributed by atoms with Gasteiger partial charge in [0.25, 0.3) is 6.02 Å². The van der Waals surface area contributed by atoms with Crippen LogP contribution in [0.3, 0.4) is 0 Å². The van der Waals surface area contributed by atoms with E-state index in [4.69, 9.17) is 10.5 Å². The lowest BCUT2D eigenvalue weighted by molar-refractivity contribution is 0.320. The quantitative estimate of drug-likeness (QED) is 0.452. The first-order chi connectivity index (χ1) is 4.31. The number of aliphatic imine (C=N–C) groups is 1. The normalized spacial score (nSPS) is 11.6. The molecule has 0 aromatic carbocycles. The van der Waals surface area contributed by atoms with E-state index in [1.807, 2.05) is 13.8 Å². The van der Waals surface area contributed by atoms with E-state index in [2.05, 4.69) is 4.99 Å². The third-order valence-electron chi connectivity index (χ3n) is 0.783. The minimum absolute atomic E-state index is 0.305. The van der Waals surface area contributed by atoms with Crippen molar-refractivity contribution in [3.05, 3.63) is 0 Å². The summed E-state index contributed by atoms with van der Waals surface area (Å²) < 4.78 is 4.87. The van der Waals surface area contributed by atoms with Crippen molar-refractivity contribution < 1.29 is 4.74 Å². The fourth-order valence-electron chi connectivity index (χ4n) is 0.416. The zero-order valence-corrected chi connectivity index (χ0v) is 6.05. The van der Waals surface area contributed by atoms with Crippen molar-refractivity contribution in [2.75, 3.05) is 13.2 Å². The van der Waals surface area contributed by atoms with Crippen LogP contribution < -0.4 is 5.73 Å². The number of hydrogen-bond donors (Lipinski definition) is 1. The average Bonchev–Trinajstić information content (AvgIpc) is 1.85. The van der Waals surface area contributed by atoms with Crippen molar-refractivity contribution in [2.45, 2.75) is 20.3 Å². The second kappa shape index (κ2) is 5.41. The first kappa shape index (κ1) is 8.27. The maximum atomic E-state index is 5.30. The molecule has 0 saturated carbocycles. The number of hydrogen-bond acceptors (Lipinski definition) is 2. The van der Waals surface area contributed by atoms with Gasteiger partial charge in [0.1, 0.15) is 0 Å². The van der Waals surface area contributed by atoms with Gasteiger partial charge in [-0.1, -0.05) is 6.92 Å². The number of nitrogens with two attached hydrogens (primary N) is 1. The molecular weight excluding hydrogens is 116 g/mol. The van der Waals surface area contributed by atoms with Gasteiger partial charge in [-0.15, -0.1) is 0 Å². The highest BCUT2D eigenvalue weighted by atomic mass is 16.5. The molecule has 0 aromatic rings. The number of ether oxygens (including phenoxy) is 1. The highest BCUT2D eigenvalue weighted by Gasteiger charge is 1.85. The summed E-state index contributed by atoms with van der Waals surface area (Å²) in [5.41, 5.74) is 5.30. The van der Waals surface area contributed by atoms with E-state index < -0.39 is 0 Å². The molecule has 3 nitrogen and oxygen atoms in total. The molecule has 0 aromatic heterocycles. The molecule has 0 rings (SSSR count). The second-order valence-electron chi connectivity index (χ2n) is 1.65. The van der Waals surface area contributed by atoms with Gasteiger partial charge >= 0.3 is 0 Å². The number of rotatable bonds is 3. The molecule has 0 aliphatic rings. The van der Waals surface area contributed by atoms with E-state index in [0.29, 0.717) is 12.6 Å². The fourth-order valence-corrected chi connectivity index (χ4v) is 0.416. The Morgan fingerprint density at radius 2 is 2.22 bits per heavy atom. The topological polar surface area (TPSA) is 47.6 Å². The number of nitrogens with zero attached hydrogens (tertiary/aromatic N) is 1. The monoisotopic (exact) mass is 130 g/mol. The van der Waals surface area contributed by atoms with Crippen LogP contribution in [0.1, 0.15) is 20.3 Å². The van der Waals surface area contributed by atoms with Crippen molar-refractivity contribution in [3.63, 3.8) is 0 Å². The molecule has 0 aliphatic carbocycles. The highest BCUT2D eigenvalue weighted by Crippen LogP contribution is 1.79. The van der Waals surface area contributed by atoms with E-state index >= 15 is 0 Å². The van der Waals surface area contributed by atoms with Crippen molar-refractivity contribution in [1.29, 1.82) is 0 Å². The predicted octanol–water partition coefficient (Wildman–Crippen LogP) is 0.748. The maximum Gasteiger partial charge on any atom is 0.281 e. The summed E-state index contributed by atoms with van der Waals surface area (Å²) in [6.45, 7) is 5.28. The average molecular weight is 130 g/mol. The summed E-state index contributed by atoms with van der Waals surface area (Å²) in [6, 6.07) is 0.305. The molecule has 9 heavy (non-hydrogen) atoms. The summed E-state index contributed by atoms with van der Waals surface area (Å²) in [4.78, 5) is 3.90. The smallest absolute Gasteiger partial charge is 0.281 e. The van der Waals surface area contributed by atoms with Gasteiger partial charge in [-0.3, -0.25) is 0 Å². The summed E-state index contributed by atoms with van der Waals surface area (Å²) >= 11 is 0. The summed E-state index contributed by atoms with van der Waals surface area (Å²) in [6.07, 6.45) is 1.01. The Hall–Kier alpha value is -0.730. The van der Waals surface area contributed by atoms with Gasteiger partial charge in [0.15, 0.2) is 0 Å². The summed E-state index contributed by atoms with van der Waals surface area (Å²) in [5, 5.41) is 0. The van der Waals surface area contributed by atoms with Crippen LogP contribution in [0.25, 0.3) is 0 Å². The van der Waals surface area contributed by atoms with Crippen molar-refractivity contribution in [3.8, 4) is 0 Å². The van der Waals surface area contributed by atoms with Gasteiger partial charge in [-0.2, -0.15) is 0 Å². The van der Waals surface area contributed by atoms with Crippen LogP contribution in [-0.4, -0.2) is 19.2 Å². The standard InChI is InChI=1S/C6H14N2O/c1-3-5-8-6(7)9-4-2/h3-5H2,1-2H3,(H2,7,8). The number of amidine groups is 1. The molecule has 54 valence electrons.